The van der Waals surface area contributed by atoms with Gasteiger partial charge in [0, 0.05) is 6.04 Å². The molecule has 0 heterocycles. The molecule has 1 fully saturated rings. The average Bonchev–Trinajstić information content (AvgIpc) is 2.52. The molecule has 0 aromatic heterocycles. The zero-order valence-electron chi connectivity index (χ0n) is 16.3. The summed E-state index contributed by atoms with van der Waals surface area (Å²) in [6.45, 7) is 13.2. The summed E-state index contributed by atoms with van der Waals surface area (Å²) in [7, 11) is 0. The Morgan fingerprint density at radius 1 is 1.17 bits per heavy atom. The number of nitriles is 1. The minimum Gasteiger partial charge on any atom is -0.479 e. The number of carboxylic acid groups (broad SMARTS) is 1. The third kappa shape index (κ3) is 3.92. The van der Waals surface area contributed by atoms with Gasteiger partial charge in [-0.15, -0.1) is 0 Å². The lowest BCUT2D eigenvalue weighted by Gasteiger charge is -2.54. The molecule has 138 valence electrons. The van der Waals surface area contributed by atoms with E-state index in [2.05, 4.69) is 19.9 Å². The van der Waals surface area contributed by atoms with Gasteiger partial charge in [-0.2, -0.15) is 10.3 Å². The van der Waals surface area contributed by atoms with E-state index >= 15 is 0 Å². The van der Waals surface area contributed by atoms with E-state index < -0.39 is 22.5 Å². The Kier molecular flexibility index (Phi) is 6.46. The van der Waals surface area contributed by atoms with E-state index in [1.54, 1.807) is 13.8 Å². The largest absolute Gasteiger partial charge is 0.479 e. The predicted octanol–water partition coefficient (Wildman–Crippen LogP) is 4.38. The fourth-order valence-electron chi connectivity index (χ4n) is 3.51. The molecule has 0 bridgehead atoms. The summed E-state index contributed by atoms with van der Waals surface area (Å²) in [5.74, 6) is -0.872. The van der Waals surface area contributed by atoms with Crippen LogP contribution in [0.4, 0.5) is 0 Å². The van der Waals surface area contributed by atoms with Crippen LogP contribution in [-0.2, 0) is 9.63 Å². The molecule has 1 atom stereocenters. The number of nitrogens with zero attached hydrogens (tertiary/aromatic N) is 2. The number of hydrogen-bond donors (Lipinski definition) is 1. The topological polar surface area (TPSA) is 73.6 Å². The molecule has 5 heteroatoms. The van der Waals surface area contributed by atoms with E-state index in [0.29, 0.717) is 0 Å². The van der Waals surface area contributed by atoms with Crippen LogP contribution in [0.5, 0.6) is 0 Å². The molecule has 0 amide bonds. The van der Waals surface area contributed by atoms with E-state index in [1.807, 2.05) is 25.8 Å². The van der Waals surface area contributed by atoms with E-state index in [9.17, 15) is 15.2 Å². The van der Waals surface area contributed by atoms with Crippen LogP contribution >= 0.6 is 0 Å². The van der Waals surface area contributed by atoms with Gasteiger partial charge in [0.2, 0.25) is 0 Å². The van der Waals surface area contributed by atoms with Gasteiger partial charge in [-0.05, 0) is 53.4 Å². The van der Waals surface area contributed by atoms with Crippen molar-refractivity contribution in [1.82, 2.24) is 5.06 Å². The first-order valence-electron chi connectivity index (χ1n) is 9.03. The first kappa shape index (κ1) is 20.9. The van der Waals surface area contributed by atoms with Crippen LogP contribution in [0.15, 0.2) is 0 Å². The smallest absolute Gasteiger partial charge is 0.337 e. The molecule has 0 saturated heterocycles. The van der Waals surface area contributed by atoms with Crippen LogP contribution in [0.3, 0.4) is 0 Å². The Balaban J connectivity index is 3.37. The average molecular weight is 338 g/mol. The molecule has 1 aliphatic carbocycles. The van der Waals surface area contributed by atoms with Gasteiger partial charge in [-0.1, -0.05) is 33.1 Å². The highest BCUT2D eigenvalue weighted by Gasteiger charge is 2.53. The van der Waals surface area contributed by atoms with Crippen LogP contribution in [0.1, 0.15) is 80.6 Å². The standard InChI is InChI=1S/C19H34N2O3/c1-14(2)19(7,17(3,4)13-20)21(15-11-9-8-10-12-15)24-18(5,6)16(22)23/h14-15H,8-12H2,1-7H3,(H,22,23). The van der Waals surface area contributed by atoms with Crippen molar-refractivity contribution >= 4 is 5.97 Å². The number of rotatable bonds is 7. The molecule has 0 aromatic carbocycles. The minimum absolute atomic E-state index is 0.124. The van der Waals surface area contributed by atoms with Gasteiger partial charge < -0.3 is 5.11 Å². The van der Waals surface area contributed by atoms with Crippen molar-refractivity contribution in [2.45, 2.75) is 97.8 Å². The van der Waals surface area contributed by atoms with Crippen LogP contribution in [0.25, 0.3) is 0 Å². The highest BCUT2D eigenvalue weighted by molar-refractivity contribution is 5.76. The predicted molar refractivity (Wildman–Crippen MR) is 94.1 cm³/mol. The van der Waals surface area contributed by atoms with E-state index in [-0.39, 0.29) is 12.0 Å². The second kappa shape index (κ2) is 7.41. The van der Waals surface area contributed by atoms with Crippen molar-refractivity contribution in [3.05, 3.63) is 0 Å². The van der Waals surface area contributed by atoms with E-state index in [1.165, 1.54) is 6.42 Å². The lowest BCUT2D eigenvalue weighted by atomic mass is 9.67. The SMILES string of the molecule is CC(C)C(C)(N(OC(C)(C)C(=O)O)C1CCCCC1)C(C)(C)C#N. The Bertz CT molecular complexity index is 487. The molecule has 1 N–H and O–H groups in total. The molecular formula is C19H34N2O3. The molecule has 0 aromatic rings. The minimum atomic E-state index is -1.33. The first-order valence-corrected chi connectivity index (χ1v) is 9.03. The quantitative estimate of drug-likeness (QED) is 0.697. The first-order chi connectivity index (χ1) is 10.9. The summed E-state index contributed by atoms with van der Waals surface area (Å²) in [4.78, 5) is 17.8. The molecule has 1 rings (SSSR count). The number of hydrogen-bond acceptors (Lipinski definition) is 4. The molecule has 0 radical (unpaired) electrons. The molecule has 0 aliphatic heterocycles. The maximum atomic E-state index is 11.6. The summed E-state index contributed by atoms with van der Waals surface area (Å²) in [6.07, 6.45) is 5.37. The van der Waals surface area contributed by atoms with Crippen molar-refractivity contribution in [2.75, 3.05) is 0 Å². The monoisotopic (exact) mass is 338 g/mol. The van der Waals surface area contributed by atoms with Gasteiger partial charge >= 0.3 is 5.97 Å². The van der Waals surface area contributed by atoms with E-state index in [4.69, 9.17) is 4.84 Å². The van der Waals surface area contributed by atoms with Gasteiger partial charge in [0.05, 0.1) is 17.0 Å². The summed E-state index contributed by atoms with van der Waals surface area (Å²) in [5.41, 5.74) is -2.62. The maximum Gasteiger partial charge on any atom is 0.337 e. The molecule has 0 spiro atoms. The third-order valence-electron chi connectivity index (χ3n) is 5.87. The van der Waals surface area contributed by atoms with Gasteiger partial charge in [-0.3, -0.25) is 4.84 Å². The molecule has 1 saturated carbocycles. The van der Waals surface area contributed by atoms with Crippen molar-refractivity contribution in [3.63, 3.8) is 0 Å². The van der Waals surface area contributed by atoms with Gasteiger partial charge in [0.25, 0.3) is 0 Å². The number of carboxylic acids is 1. The summed E-state index contributed by atoms with van der Waals surface area (Å²) in [5, 5.41) is 21.2. The van der Waals surface area contributed by atoms with Crippen molar-refractivity contribution in [1.29, 1.82) is 5.26 Å². The lowest BCUT2D eigenvalue weighted by molar-refractivity contribution is -0.321. The number of aliphatic carboxylic acids is 1. The Morgan fingerprint density at radius 3 is 2.04 bits per heavy atom. The normalized spacial score (nSPS) is 20.0. The summed E-state index contributed by atoms with van der Waals surface area (Å²) >= 11 is 0. The molecule has 24 heavy (non-hydrogen) atoms. The second-order valence-corrected chi connectivity index (χ2v) is 8.56. The number of hydroxylamine groups is 2. The van der Waals surface area contributed by atoms with Crippen LogP contribution < -0.4 is 0 Å². The Morgan fingerprint density at radius 2 is 1.67 bits per heavy atom. The fourth-order valence-corrected chi connectivity index (χ4v) is 3.51. The van der Waals surface area contributed by atoms with Crippen LogP contribution in [-0.4, -0.2) is 33.3 Å². The fraction of sp³-hybridized carbons (Fsp3) is 0.895. The Hall–Kier alpha value is -1.12. The molecular weight excluding hydrogens is 304 g/mol. The highest BCUT2D eigenvalue weighted by Crippen LogP contribution is 2.45. The summed E-state index contributed by atoms with van der Waals surface area (Å²) in [6, 6.07) is 2.57. The Labute approximate surface area is 146 Å². The third-order valence-corrected chi connectivity index (χ3v) is 5.87. The zero-order valence-corrected chi connectivity index (χ0v) is 16.3. The van der Waals surface area contributed by atoms with Crippen LogP contribution in [0.2, 0.25) is 0 Å². The van der Waals surface area contributed by atoms with Crippen LogP contribution in [0, 0.1) is 22.7 Å². The van der Waals surface area contributed by atoms with Gasteiger partial charge in [0.15, 0.2) is 5.60 Å². The van der Waals surface area contributed by atoms with Crippen molar-refractivity contribution in [2.24, 2.45) is 11.3 Å². The van der Waals surface area contributed by atoms with Gasteiger partial charge in [-0.25, -0.2) is 4.79 Å². The second-order valence-electron chi connectivity index (χ2n) is 8.56. The maximum absolute atomic E-state index is 11.6. The molecule has 5 nitrogen and oxygen atoms in total. The molecule has 1 unspecified atom stereocenters. The van der Waals surface area contributed by atoms with Crippen molar-refractivity contribution < 1.29 is 14.7 Å². The summed E-state index contributed by atoms with van der Waals surface area (Å²) < 4.78 is 0. The van der Waals surface area contributed by atoms with Crippen molar-refractivity contribution in [3.8, 4) is 6.07 Å². The van der Waals surface area contributed by atoms with E-state index in [0.717, 1.165) is 25.7 Å². The van der Waals surface area contributed by atoms with Gasteiger partial charge in [0.1, 0.15) is 0 Å². The molecule has 1 aliphatic rings. The zero-order chi connectivity index (χ0) is 18.8. The lowest BCUT2D eigenvalue weighted by Crippen LogP contribution is -2.64. The number of carbonyl (C=O) groups is 1. The highest BCUT2D eigenvalue weighted by atomic mass is 16.7.